The molecule has 5 nitrogen and oxygen atoms in total. The van der Waals surface area contributed by atoms with Crippen molar-refractivity contribution >= 4 is 21.4 Å². The number of nitrogens with zero attached hydrogens (tertiary/aromatic N) is 2. The standard InChI is InChI=1S/C20H19ClN2O3S/c1-12-7-13(2)19(14(3)8-12)26-20-18(27(4,24)25)6-5-17(23-20)15-9-16(21)11-22-10-15/h5-11H,1-4H3. The minimum Gasteiger partial charge on any atom is -0.437 e. The lowest BCUT2D eigenvalue weighted by Gasteiger charge is -2.15. The Kier molecular flexibility index (Phi) is 5.22. The molecule has 0 unspecified atom stereocenters. The smallest absolute Gasteiger partial charge is 0.238 e. The summed E-state index contributed by atoms with van der Waals surface area (Å²) in [6.45, 7) is 5.83. The largest absolute Gasteiger partial charge is 0.437 e. The molecule has 0 N–H and O–H groups in total. The second-order valence-corrected chi connectivity index (χ2v) is 8.91. The predicted octanol–water partition coefficient (Wildman–Crippen LogP) is 4.92. The Labute approximate surface area is 163 Å². The summed E-state index contributed by atoms with van der Waals surface area (Å²) in [5.74, 6) is 0.629. The van der Waals surface area contributed by atoms with Gasteiger partial charge in [0.05, 0.1) is 10.7 Å². The van der Waals surface area contributed by atoms with Gasteiger partial charge < -0.3 is 4.74 Å². The molecule has 0 atom stereocenters. The van der Waals surface area contributed by atoms with Gasteiger partial charge >= 0.3 is 0 Å². The highest BCUT2D eigenvalue weighted by Crippen LogP contribution is 2.34. The first kappa shape index (κ1) is 19.3. The molecular formula is C20H19ClN2O3S. The Morgan fingerprint density at radius 1 is 1.00 bits per heavy atom. The maximum Gasteiger partial charge on any atom is 0.238 e. The SMILES string of the molecule is Cc1cc(C)c(Oc2nc(-c3cncc(Cl)c3)ccc2S(C)(=O)=O)c(C)c1. The van der Waals surface area contributed by atoms with Gasteiger partial charge in [0.2, 0.25) is 5.88 Å². The molecule has 0 fully saturated rings. The number of ether oxygens (including phenoxy) is 1. The molecule has 0 aliphatic carbocycles. The van der Waals surface area contributed by atoms with Crippen molar-refractivity contribution in [1.29, 1.82) is 0 Å². The normalized spacial score (nSPS) is 11.4. The molecule has 3 aromatic rings. The lowest BCUT2D eigenvalue weighted by Crippen LogP contribution is -2.04. The van der Waals surface area contributed by atoms with Gasteiger partial charge in [-0.25, -0.2) is 13.4 Å². The van der Waals surface area contributed by atoms with E-state index in [0.29, 0.717) is 22.0 Å². The van der Waals surface area contributed by atoms with Crippen molar-refractivity contribution in [3.05, 3.63) is 64.4 Å². The second kappa shape index (κ2) is 7.29. The number of benzene rings is 1. The molecule has 27 heavy (non-hydrogen) atoms. The van der Waals surface area contributed by atoms with E-state index < -0.39 is 9.84 Å². The summed E-state index contributed by atoms with van der Waals surface area (Å²) in [7, 11) is -3.52. The molecule has 1 aromatic carbocycles. The van der Waals surface area contributed by atoms with Crippen LogP contribution in [0.1, 0.15) is 16.7 Å². The number of hydrogen-bond donors (Lipinski definition) is 0. The van der Waals surface area contributed by atoms with Gasteiger partial charge in [-0.15, -0.1) is 0 Å². The van der Waals surface area contributed by atoms with Crippen LogP contribution in [0.4, 0.5) is 0 Å². The van der Waals surface area contributed by atoms with Gasteiger partial charge in [0.1, 0.15) is 10.6 Å². The summed E-state index contributed by atoms with van der Waals surface area (Å²) in [5.41, 5.74) is 4.11. The maximum atomic E-state index is 12.2. The molecular weight excluding hydrogens is 384 g/mol. The van der Waals surface area contributed by atoms with Crippen LogP contribution in [0.2, 0.25) is 5.02 Å². The van der Waals surface area contributed by atoms with Gasteiger partial charge in [-0.3, -0.25) is 4.98 Å². The monoisotopic (exact) mass is 402 g/mol. The first-order chi connectivity index (χ1) is 12.6. The molecule has 0 spiro atoms. The van der Waals surface area contributed by atoms with Gasteiger partial charge in [-0.1, -0.05) is 29.3 Å². The zero-order valence-electron chi connectivity index (χ0n) is 15.4. The summed E-state index contributed by atoms with van der Waals surface area (Å²) < 4.78 is 30.4. The van der Waals surface area contributed by atoms with Crippen molar-refractivity contribution in [2.45, 2.75) is 25.7 Å². The lowest BCUT2D eigenvalue weighted by atomic mass is 10.1. The van der Waals surface area contributed by atoms with Crippen LogP contribution in [0, 0.1) is 20.8 Å². The van der Waals surface area contributed by atoms with E-state index in [0.717, 1.165) is 22.9 Å². The second-order valence-electron chi connectivity index (χ2n) is 6.49. The minimum absolute atomic E-state index is 0.0283. The van der Waals surface area contributed by atoms with E-state index in [4.69, 9.17) is 16.3 Å². The highest BCUT2D eigenvalue weighted by Gasteiger charge is 2.20. The zero-order chi connectivity index (χ0) is 19.8. The van der Waals surface area contributed by atoms with Crippen LogP contribution in [0.3, 0.4) is 0 Å². The van der Waals surface area contributed by atoms with Crippen LogP contribution in [0.25, 0.3) is 11.3 Å². The molecule has 3 rings (SSSR count). The number of aryl methyl sites for hydroxylation is 3. The van der Waals surface area contributed by atoms with E-state index in [-0.39, 0.29) is 10.8 Å². The van der Waals surface area contributed by atoms with Crippen molar-refractivity contribution < 1.29 is 13.2 Å². The van der Waals surface area contributed by atoms with Gasteiger partial charge in [-0.05, 0) is 50.1 Å². The van der Waals surface area contributed by atoms with Crippen LogP contribution in [0.15, 0.2) is 47.6 Å². The topological polar surface area (TPSA) is 69.2 Å². The quantitative estimate of drug-likeness (QED) is 0.619. The molecule has 0 radical (unpaired) electrons. The number of halogens is 1. The third kappa shape index (κ3) is 4.28. The van der Waals surface area contributed by atoms with Crippen LogP contribution in [-0.2, 0) is 9.84 Å². The van der Waals surface area contributed by atoms with Crippen LogP contribution in [0.5, 0.6) is 11.6 Å². The van der Waals surface area contributed by atoms with Crippen LogP contribution >= 0.6 is 11.6 Å². The Bertz CT molecular complexity index is 1100. The maximum absolute atomic E-state index is 12.2. The average molecular weight is 403 g/mol. The number of hydrogen-bond acceptors (Lipinski definition) is 5. The molecule has 140 valence electrons. The number of sulfone groups is 1. The zero-order valence-corrected chi connectivity index (χ0v) is 17.0. The van der Waals surface area contributed by atoms with Crippen molar-refractivity contribution in [2.75, 3.05) is 6.26 Å². The summed E-state index contributed by atoms with van der Waals surface area (Å²) in [6.07, 6.45) is 4.26. The predicted molar refractivity (Wildman–Crippen MR) is 106 cm³/mol. The van der Waals surface area contributed by atoms with E-state index in [1.807, 2.05) is 32.9 Å². The van der Waals surface area contributed by atoms with E-state index in [9.17, 15) is 8.42 Å². The highest BCUT2D eigenvalue weighted by atomic mass is 35.5. The van der Waals surface area contributed by atoms with E-state index in [2.05, 4.69) is 9.97 Å². The van der Waals surface area contributed by atoms with E-state index >= 15 is 0 Å². The molecule has 0 amide bonds. The molecule has 2 aromatic heterocycles. The Hall–Kier alpha value is -2.44. The third-order valence-corrected chi connectivity index (χ3v) is 5.35. The number of pyridine rings is 2. The Balaban J connectivity index is 2.16. The molecule has 7 heteroatoms. The van der Waals surface area contributed by atoms with Gasteiger partial charge in [0.25, 0.3) is 0 Å². The average Bonchev–Trinajstić information content (AvgIpc) is 2.57. The van der Waals surface area contributed by atoms with Gasteiger partial charge in [-0.2, -0.15) is 0 Å². The third-order valence-electron chi connectivity index (χ3n) is 4.03. The minimum atomic E-state index is -3.52. The van der Waals surface area contributed by atoms with Gasteiger partial charge in [0.15, 0.2) is 9.84 Å². The summed E-state index contributed by atoms with van der Waals surface area (Å²) in [6, 6.07) is 8.78. The first-order valence-electron chi connectivity index (χ1n) is 8.23. The Morgan fingerprint density at radius 3 is 2.26 bits per heavy atom. The Morgan fingerprint density at radius 2 is 1.67 bits per heavy atom. The van der Waals surface area contributed by atoms with Gasteiger partial charge in [0, 0.05) is 24.2 Å². The molecule has 0 bridgehead atoms. The molecule has 0 aliphatic rings. The number of aromatic nitrogens is 2. The van der Waals surface area contributed by atoms with Crippen LogP contribution in [-0.4, -0.2) is 24.6 Å². The summed E-state index contributed by atoms with van der Waals surface area (Å²) in [4.78, 5) is 8.53. The fourth-order valence-electron chi connectivity index (χ4n) is 2.92. The molecule has 0 aliphatic heterocycles. The van der Waals surface area contributed by atoms with Crippen molar-refractivity contribution in [2.24, 2.45) is 0 Å². The lowest BCUT2D eigenvalue weighted by molar-refractivity contribution is 0.441. The first-order valence-corrected chi connectivity index (χ1v) is 10.5. The summed E-state index contributed by atoms with van der Waals surface area (Å²) in [5, 5.41) is 0.467. The van der Waals surface area contributed by atoms with Crippen molar-refractivity contribution in [3.8, 4) is 22.9 Å². The number of rotatable bonds is 4. The highest BCUT2D eigenvalue weighted by molar-refractivity contribution is 7.90. The van der Waals surface area contributed by atoms with Crippen molar-refractivity contribution in [3.63, 3.8) is 0 Å². The van der Waals surface area contributed by atoms with Crippen molar-refractivity contribution in [1.82, 2.24) is 9.97 Å². The van der Waals surface area contributed by atoms with E-state index in [1.165, 1.54) is 12.3 Å². The fraction of sp³-hybridized carbons (Fsp3) is 0.200. The molecule has 2 heterocycles. The van der Waals surface area contributed by atoms with Crippen LogP contribution < -0.4 is 4.74 Å². The molecule has 0 saturated carbocycles. The van der Waals surface area contributed by atoms with E-state index in [1.54, 1.807) is 18.3 Å². The fourth-order valence-corrected chi connectivity index (χ4v) is 3.81. The summed E-state index contributed by atoms with van der Waals surface area (Å²) >= 11 is 6.01. The molecule has 0 saturated heterocycles.